The van der Waals surface area contributed by atoms with Crippen molar-refractivity contribution in [2.75, 3.05) is 13.1 Å². The van der Waals surface area contributed by atoms with Gasteiger partial charge in [-0.15, -0.1) is 0 Å². The van der Waals surface area contributed by atoms with E-state index in [2.05, 4.69) is 9.97 Å². The number of imidazole rings is 1. The average Bonchev–Trinajstić information content (AvgIpc) is 3.38. The first-order valence-electron chi connectivity index (χ1n) is 8.53. The highest BCUT2D eigenvalue weighted by atomic mass is 16.5. The van der Waals surface area contributed by atoms with Gasteiger partial charge in [-0.1, -0.05) is 30.3 Å². The average molecular weight is 338 g/mol. The predicted octanol–water partition coefficient (Wildman–Crippen LogP) is 1.32. The van der Waals surface area contributed by atoms with Crippen LogP contribution in [-0.4, -0.2) is 56.4 Å². The fourth-order valence-corrected chi connectivity index (χ4v) is 4.43. The van der Waals surface area contributed by atoms with Crippen LogP contribution in [0.3, 0.4) is 0 Å². The van der Waals surface area contributed by atoms with Gasteiger partial charge in [-0.3, -0.25) is 9.59 Å². The zero-order chi connectivity index (χ0) is 17.0. The minimum Gasteiger partial charge on any atom is -0.343 e. The number of ether oxygens (including phenoxy) is 1. The molecule has 2 amide bonds. The van der Waals surface area contributed by atoms with Gasteiger partial charge in [-0.25, -0.2) is 4.98 Å². The fraction of sp³-hybridized carbons (Fsp3) is 0.389. The van der Waals surface area contributed by atoms with Crippen LogP contribution in [0.2, 0.25) is 0 Å². The number of carbonyl (C=O) groups is 2. The maximum atomic E-state index is 12.7. The van der Waals surface area contributed by atoms with Gasteiger partial charge >= 0.3 is 0 Å². The Balaban J connectivity index is 1.46. The molecule has 3 aliphatic rings. The van der Waals surface area contributed by atoms with Crippen molar-refractivity contribution in [3.8, 4) is 0 Å². The summed E-state index contributed by atoms with van der Waals surface area (Å²) in [4.78, 5) is 35.8. The lowest BCUT2D eigenvalue weighted by Crippen LogP contribution is -2.48. The molecule has 1 aromatic heterocycles. The van der Waals surface area contributed by atoms with Crippen LogP contribution in [0, 0.1) is 0 Å². The molecule has 7 nitrogen and oxygen atoms in total. The van der Waals surface area contributed by atoms with E-state index >= 15 is 0 Å². The van der Waals surface area contributed by atoms with Gasteiger partial charge in [0.2, 0.25) is 5.91 Å². The van der Waals surface area contributed by atoms with E-state index in [0.29, 0.717) is 31.8 Å². The maximum Gasteiger partial charge on any atom is 0.290 e. The summed E-state index contributed by atoms with van der Waals surface area (Å²) >= 11 is 0. The molecule has 0 saturated carbocycles. The maximum absolute atomic E-state index is 12.7. The lowest BCUT2D eigenvalue weighted by atomic mass is 10.1. The number of hydrogen-bond donors (Lipinski definition) is 1. The van der Waals surface area contributed by atoms with Crippen LogP contribution in [0.4, 0.5) is 0 Å². The molecule has 3 saturated heterocycles. The van der Waals surface area contributed by atoms with E-state index in [4.69, 9.17) is 4.74 Å². The molecule has 0 unspecified atom stereocenters. The van der Waals surface area contributed by atoms with Crippen LogP contribution in [0.5, 0.6) is 0 Å². The Kier molecular flexibility index (Phi) is 3.03. The third kappa shape index (κ3) is 1.99. The van der Waals surface area contributed by atoms with E-state index < -0.39 is 5.72 Å². The van der Waals surface area contributed by atoms with Crippen molar-refractivity contribution in [2.45, 2.75) is 30.7 Å². The highest BCUT2D eigenvalue weighted by molar-refractivity contribution is 5.92. The molecule has 3 fully saturated rings. The first-order valence-corrected chi connectivity index (χ1v) is 8.53. The number of aromatic amines is 1. The molecule has 1 aromatic carbocycles. The van der Waals surface area contributed by atoms with Gasteiger partial charge in [-0.05, 0) is 5.56 Å². The van der Waals surface area contributed by atoms with Crippen molar-refractivity contribution in [3.05, 3.63) is 54.1 Å². The van der Waals surface area contributed by atoms with Crippen molar-refractivity contribution in [1.29, 1.82) is 0 Å². The third-order valence-corrected chi connectivity index (χ3v) is 5.56. The second-order valence-corrected chi connectivity index (χ2v) is 6.77. The summed E-state index contributed by atoms with van der Waals surface area (Å²) in [6.07, 6.45) is 3.99. The minimum absolute atomic E-state index is 0.0559. The summed E-state index contributed by atoms with van der Waals surface area (Å²) in [6.45, 7) is 1.11. The van der Waals surface area contributed by atoms with Gasteiger partial charge < -0.3 is 19.5 Å². The van der Waals surface area contributed by atoms with Gasteiger partial charge in [0.25, 0.3) is 5.91 Å². The van der Waals surface area contributed by atoms with Crippen molar-refractivity contribution in [3.63, 3.8) is 0 Å². The Morgan fingerprint density at radius 3 is 2.92 bits per heavy atom. The van der Waals surface area contributed by atoms with Crippen LogP contribution in [0.25, 0.3) is 0 Å². The van der Waals surface area contributed by atoms with E-state index in [-0.39, 0.29) is 24.0 Å². The molecule has 0 radical (unpaired) electrons. The molecule has 1 spiro atoms. The monoisotopic (exact) mass is 338 g/mol. The molecule has 4 heterocycles. The van der Waals surface area contributed by atoms with Gasteiger partial charge in [0.05, 0.1) is 19.0 Å². The Bertz CT molecular complexity index is 822. The number of benzene rings is 1. The number of amides is 2. The van der Waals surface area contributed by atoms with Gasteiger partial charge in [0, 0.05) is 25.4 Å². The van der Waals surface area contributed by atoms with Crippen LogP contribution in [-0.2, 0) is 9.53 Å². The Labute approximate surface area is 144 Å². The largest absolute Gasteiger partial charge is 0.343 e. The van der Waals surface area contributed by atoms with Crippen molar-refractivity contribution < 1.29 is 14.3 Å². The SMILES string of the molecule is O=C(c1ncc[nH]1)N1CC[C@@]23O[C@H](c4ccccc4)CN2C(=O)C[C@@H]13. The lowest BCUT2D eigenvalue weighted by molar-refractivity contribution is -0.138. The molecular weight excluding hydrogens is 320 g/mol. The van der Waals surface area contributed by atoms with Gasteiger partial charge in [0.15, 0.2) is 11.5 Å². The summed E-state index contributed by atoms with van der Waals surface area (Å²) in [5.74, 6) is 0.189. The molecule has 7 heteroatoms. The Morgan fingerprint density at radius 2 is 2.16 bits per heavy atom. The number of likely N-dealkylation sites (tertiary alicyclic amines) is 1. The van der Waals surface area contributed by atoms with Crippen molar-refractivity contribution in [2.24, 2.45) is 0 Å². The van der Waals surface area contributed by atoms with Crippen molar-refractivity contribution >= 4 is 11.8 Å². The zero-order valence-corrected chi connectivity index (χ0v) is 13.6. The lowest BCUT2D eigenvalue weighted by Gasteiger charge is -2.31. The molecule has 0 aliphatic carbocycles. The summed E-state index contributed by atoms with van der Waals surface area (Å²) in [7, 11) is 0. The first kappa shape index (κ1) is 14.7. The number of carbonyl (C=O) groups excluding carboxylic acids is 2. The smallest absolute Gasteiger partial charge is 0.290 e. The normalized spacial score (nSPS) is 30.6. The first-order chi connectivity index (χ1) is 12.2. The molecular formula is C18H18N4O3. The summed E-state index contributed by atoms with van der Waals surface area (Å²) in [5.41, 5.74) is 0.369. The van der Waals surface area contributed by atoms with Crippen LogP contribution in [0.15, 0.2) is 42.7 Å². The molecule has 128 valence electrons. The molecule has 2 aromatic rings. The zero-order valence-electron chi connectivity index (χ0n) is 13.6. The third-order valence-electron chi connectivity index (χ3n) is 5.56. The number of hydrogen-bond acceptors (Lipinski definition) is 4. The number of rotatable bonds is 2. The molecule has 3 aliphatic heterocycles. The van der Waals surface area contributed by atoms with Gasteiger partial charge in [0.1, 0.15) is 6.10 Å². The summed E-state index contributed by atoms with van der Waals surface area (Å²) in [6, 6.07) is 9.69. The van der Waals surface area contributed by atoms with Crippen LogP contribution < -0.4 is 0 Å². The van der Waals surface area contributed by atoms with Crippen LogP contribution >= 0.6 is 0 Å². The van der Waals surface area contributed by atoms with E-state index in [9.17, 15) is 9.59 Å². The highest BCUT2D eigenvalue weighted by Gasteiger charge is 2.65. The summed E-state index contributed by atoms with van der Waals surface area (Å²) in [5, 5.41) is 0. The molecule has 1 N–H and O–H groups in total. The minimum atomic E-state index is -0.695. The van der Waals surface area contributed by atoms with E-state index in [1.165, 1.54) is 0 Å². The summed E-state index contributed by atoms with van der Waals surface area (Å²) < 4.78 is 6.43. The standard InChI is InChI=1S/C18H18N4O3/c23-15-10-14-18(6-9-21(14)17(24)16-19-7-8-20-16)22(15)11-13(25-18)12-4-2-1-3-5-12/h1-5,7-8,13-14H,6,9-11H2,(H,19,20)/t13-,14+,18-/m0/s1. The quantitative estimate of drug-likeness (QED) is 0.896. The number of nitrogens with zero attached hydrogens (tertiary/aromatic N) is 3. The second-order valence-electron chi connectivity index (χ2n) is 6.77. The van der Waals surface area contributed by atoms with Crippen molar-refractivity contribution in [1.82, 2.24) is 19.8 Å². The van der Waals surface area contributed by atoms with E-state index in [1.807, 2.05) is 35.2 Å². The number of nitrogens with one attached hydrogen (secondary N) is 1. The van der Waals surface area contributed by atoms with E-state index in [1.54, 1.807) is 17.3 Å². The topological polar surface area (TPSA) is 78.5 Å². The Morgan fingerprint density at radius 1 is 1.32 bits per heavy atom. The highest BCUT2D eigenvalue weighted by Crippen LogP contribution is 2.50. The van der Waals surface area contributed by atoms with Crippen LogP contribution in [0.1, 0.15) is 35.1 Å². The molecule has 3 atom stereocenters. The molecule has 25 heavy (non-hydrogen) atoms. The fourth-order valence-electron chi connectivity index (χ4n) is 4.43. The predicted molar refractivity (Wildman–Crippen MR) is 87.4 cm³/mol. The van der Waals surface area contributed by atoms with Gasteiger partial charge in [-0.2, -0.15) is 0 Å². The Hall–Kier alpha value is -2.67. The molecule has 0 bridgehead atoms. The second kappa shape index (κ2) is 5.16. The molecule has 5 rings (SSSR count). The number of H-pyrrole nitrogens is 1. The van der Waals surface area contributed by atoms with E-state index in [0.717, 1.165) is 5.56 Å². The number of aromatic nitrogens is 2.